The van der Waals surface area contributed by atoms with Crippen LogP contribution in [0.3, 0.4) is 0 Å². The minimum Gasteiger partial charge on any atom is -0.497 e. The summed E-state index contributed by atoms with van der Waals surface area (Å²) in [6.07, 6.45) is 0. The Hall–Kier alpha value is -2.07. The van der Waals surface area contributed by atoms with Crippen LogP contribution in [0.5, 0.6) is 5.75 Å². The minimum atomic E-state index is -0.242. The van der Waals surface area contributed by atoms with Crippen LogP contribution in [0, 0.1) is 5.82 Å². The van der Waals surface area contributed by atoms with Gasteiger partial charge in [-0.1, -0.05) is 18.2 Å². The zero-order valence-corrected chi connectivity index (χ0v) is 11.8. The van der Waals surface area contributed by atoms with Gasteiger partial charge in [-0.3, -0.25) is 4.90 Å². The molecule has 0 spiro atoms. The van der Waals surface area contributed by atoms with E-state index in [1.165, 1.54) is 13.2 Å². The van der Waals surface area contributed by atoms with Crippen LogP contribution in [0.4, 0.5) is 10.1 Å². The number of benzene rings is 2. The van der Waals surface area contributed by atoms with Crippen LogP contribution in [0.25, 0.3) is 0 Å². The van der Waals surface area contributed by atoms with E-state index in [0.29, 0.717) is 17.9 Å². The van der Waals surface area contributed by atoms with E-state index < -0.39 is 0 Å². The van der Waals surface area contributed by atoms with Crippen LogP contribution in [0.2, 0.25) is 0 Å². The highest BCUT2D eigenvalue weighted by Gasteiger charge is 2.07. The minimum absolute atomic E-state index is 0.242. The number of hydrogen-bond donors (Lipinski definition) is 1. The fourth-order valence-electron chi connectivity index (χ4n) is 2.06. The van der Waals surface area contributed by atoms with Gasteiger partial charge in [0, 0.05) is 30.4 Å². The molecule has 0 heterocycles. The van der Waals surface area contributed by atoms with Gasteiger partial charge in [0.25, 0.3) is 0 Å². The van der Waals surface area contributed by atoms with Crippen molar-refractivity contribution in [2.45, 2.75) is 13.1 Å². The van der Waals surface area contributed by atoms with Gasteiger partial charge < -0.3 is 10.5 Å². The first-order chi connectivity index (χ1) is 9.58. The third kappa shape index (κ3) is 3.71. The zero-order chi connectivity index (χ0) is 14.5. The average molecular weight is 274 g/mol. The van der Waals surface area contributed by atoms with Crippen LogP contribution in [0.15, 0.2) is 42.5 Å². The van der Waals surface area contributed by atoms with Gasteiger partial charge in [-0.15, -0.1) is 0 Å². The molecule has 0 unspecified atom stereocenters. The van der Waals surface area contributed by atoms with Crippen LogP contribution in [-0.4, -0.2) is 19.1 Å². The lowest BCUT2D eigenvalue weighted by Crippen LogP contribution is -2.18. The zero-order valence-electron chi connectivity index (χ0n) is 11.8. The first-order valence-corrected chi connectivity index (χ1v) is 6.44. The molecule has 0 saturated heterocycles. The largest absolute Gasteiger partial charge is 0.497 e. The molecule has 4 heteroatoms. The maximum Gasteiger partial charge on any atom is 0.131 e. The summed E-state index contributed by atoms with van der Waals surface area (Å²) in [5.41, 5.74) is 8.21. The molecule has 2 aromatic rings. The number of halogens is 1. The number of rotatable bonds is 5. The van der Waals surface area contributed by atoms with Crippen molar-refractivity contribution in [1.82, 2.24) is 4.90 Å². The Morgan fingerprint density at radius 3 is 2.40 bits per heavy atom. The van der Waals surface area contributed by atoms with Gasteiger partial charge in [0.05, 0.1) is 7.11 Å². The standard InChI is InChI=1S/C16H19FN2O/c1-19(10-12-3-6-14(18)7-4-12)11-13-5-8-15(20-2)9-16(13)17/h3-9H,10-11,18H2,1-2H3. The van der Waals surface area contributed by atoms with E-state index in [2.05, 4.69) is 4.90 Å². The van der Waals surface area contributed by atoms with Gasteiger partial charge in [-0.25, -0.2) is 4.39 Å². The Kier molecular flexibility index (Phi) is 4.58. The summed E-state index contributed by atoms with van der Waals surface area (Å²) < 4.78 is 18.9. The second kappa shape index (κ2) is 6.39. The van der Waals surface area contributed by atoms with Crippen molar-refractivity contribution in [3.8, 4) is 5.75 Å². The smallest absolute Gasteiger partial charge is 0.131 e. The number of nitrogens with two attached hydrogens (primary N) is 1. The molecule has 0 aliphatic heterocycles. The van der Waals surface area contributed by atoms with Gasteiger partial charge >= 0.3 is 0 Å². The van der Waals surface area contributed by atoms with Crippen molar-refractivity contribution in [3.05, 3.63) is 59.4 Å². The predicted octanol–water partition coefficient (Wildman–Crippen LogP) is 3.05. The van der Waals surface area contributed by atoms with Gasteiger partial charge in [0.15, 0.2) is 0 Å². The second-order valence-electron chi connectivity index (χ2n) is 4.87. The Balaban J connectivity index is 2.00. The van der Waals surface area contributed by atoms with E-state index in [1.54, 1.807) is 12.1 Å². The summed E-state index contributed by atoms with van der Waals surface area (Å²) in [4.78, 5) is 2.05. The van der Waals surface area contributed by atoms with Gasteiger partial charge in [0.2, 0.25) is 0 Å². The van der Waals surface area contributed by atoms with Crippen molar-refractivity contribution in [2.75, 3.05) is 19.9 Å². The topological polar surface area (TPSA) is 38.5 Å². The van der Waals surface area contributed by atoms with E-state index in [9.17, 15) is 4.39 Å². The number of hydrogen-bond acceptors (Lipinski definition) is 3. The summed E-state index contributed by atoms with van der Waals surface area (Å²) in [5, 5.41) is 0. The Labute approximate surface area is 118 Å². The molecule has 3 nitrogen and oxygen atoms in total. The predicted molar refractivity (Wildman–Crippen MR) is 79.0 cm³/mol. The molecule has 2 rings (SSSR count). The maximum absolute atomic E-state index is 13.9. The first kappa shape index (κ1) is 14.3. The molecule has 106 valence electrons. The number of methoxy groups -OCH3 is 1. The number of ether oxygens (including phenoxy) is 1. The Morgan fingerprint density at radius 1 is 1.10 bits per heavy atom. The summed E-state index contributed by atoms with van der Waals surface area (Å²) in [6, 6.07) is 12.6. The molecular weight excluding hydrogens is 255 g/mol. The van der Waals surface area contributed by atoms with Crippen molar-refractivity contribution in [3.63, 3.8) is 0 Å². The molecule has 0 aliphatic rings. The second-order valence-corrected chi connectivity index (χ2v) is 4.87. The van der Waals surface area contributed by atoms with E-state index >= 15 is 0 Å². The quantitative estimate of drug-likeness (QED) is 0.852. The molecule has 0 aromatic heterocycles. The van der Waals surface area contributed by atoms with Crippen LogP contribution in [-0.2, 0) is 13.1 Å². The fraction of sp³-hybridized carbons (Fsp3) is 0.250. The summed E-state index contributed by atoms with van der Waals surface area (Å²) in [6.45, 7) is 1.28. The molecule has 0 amide bonds. The van der Waals surface area contributed by atoms with Crippen LogP contribution >= 0.6 is 0 Å². The first-order valence-electron chi connectivity index (χ1n) is 6.44. The van der Waals surface area contributed by atoms with Crippen molar-refractivity contribution < 1.29 is 9.13 Å². The van der Waals surface area contributed by atoms with Gasteiger partial charge in [-0.2, -0.15) is 0 Å². The highest BCUT2D eigenvalue weighted by molar-refractivity contribution is 5.39. The van der Waals surface area contributed by atoms with E-state index in [4.69, 9.17) is 10.5 Å². The molecule has 2 N–H and O–H groups in total. The third-order valence-corrected chi connectivity index (χ3v) is 3.13. The third-order valence-electron chi connectivity index (χ3n) is 3.13. The molecule has 0 bridgehead atoms. The van der Waals surface area contributed by atoms with Crippen LogP contribution in [0.1, 0.15) is 11.1 Å². The molecule has 0 radical (unpaired) electrons. The molecule has 20 heavy (non-hydrogen) atoms. The summed E-state index contributed by atoms with van der Waals surface area (Å²) in [5.74, 6) is 0.293. The lowest BCUT2D eigenvalue weighted by Gasteiger charge is -2.17. The molecule has 2 aromatic carbocycles. The summed E-state index contributed by atoms with van der Waals surface area (Å²) >= 11 is 0. The normalized spacial score (nSPS) is 10.8. The molecule has 0 aliphatic carbocycles. The molecule has 0 atom stereocenters. The van der Waals surface area contributed by atoms with Gasteiger partial charge in [0.1, 0.15) is 11.6 Å². The molecule has 0 fully saturated rings. The average Bonchev–Trinajstić information content (AvgIpc) is 2.43. The molecular formula is C16H19FN2O. The van der Waals surface area contributed by atoms with Crippen molar-refractivity contribution in [2.24, 2.45) is 0 Å². The highest BCUT2D eigenvalue weighted by Crippen LogP contribution is 2.18. The Morgan fingerprint density at radius 2 is 1.80 bits per heavy atom. The number of anilines is 1. The van der Waals surface area contributed by atoms with E-state index in [-0.39, 0.29) is 5.82 Å². The number of nitrogens with zero attached hydrogens (tertiary/aromatic N) is 1. The van der Waals surface area contributed by atoms with Gasteiger partial charge in [-0.05, 0) is 30.8 Å². The lowest BCUT2D eigenvalue weighted by atomic mass is 10.1. The fourth-order valence-corrected chi connectivity index (χ4v) is 2.06. The van der Waals surface area contributed by atoms with E-state index in [0.717, 1.165) is 17.8 Å². The van der Waals surface area contributed by atoms with Crippen LogP contribution < -0.4 is 10.5 Å². The van der Waals surface area contributed by atoms with Crippen molar-refractivity contribution >= 4 is 5.69 Å². The van der Waals surface area contributed by atoms with Crippen molar-refractivity contribution in [1.29, 1.82) is 0 Å². The highest BCUT2D eigenvalue weighted by atomic mass is 19.1. The molecule has 0 saturated carbocycles. The SMILES string of the molecule is COc1ccc(CN(C)Cc2ccc(N)cc2)c(F)c1. The lowest BCUT2D eigenvalue weighted by molar-refractivity contribution is 0.313. The van der Waals surface area contributed by atoms with E-state index in [1.807, 2.05) is 31.3 Å². The Bertz CT molecular complexity index is 569. The summed E-state index contributed by atoms with van der Waals surface area (Å²) in [7, 11) is 3.49. The monoisotopic (exact) mass is 274 g/mol. The number of nitrogen functional groups attached to an aromatic ring is 1. The maximum atomic E-state index is 13.9.